The second-order valence-corrected chi connectivity index (χ2v) is 9.12. The average molecular weight is 429 g/mol. The Bertz CT molecular complexity index is 916. The molecule has 0 radical (unpaired) electrons. The van der Waals surface area contributed by atoms with Crippen LogP contribution in [0.5, 0.6) is 0 Å². The van der Waals surface area contributed by atoms with Crippen LogP contribution in [-0.2, 0) is 25.7 Å². The van der Waals surface area contributed by atoms with Crippen LogP contribution in [0.25, 0.3) is 0 Å². The Morgan fingerprint density at radius 1 is 1.03 bits per heavy atom. The maximum Gasteiger partial charge on any atom is 0.338 e. The monoisotopic (exact) mass is 429 g/mol. The number of Topliss-reactive ketones (excluding diaryl/α,β-unsaturated/α-hetero) is 1. The minimum atomic E-state index is -0.722. The lowest BCUT2D eigenvalue weighted by Crippen LogP contribution is -2.63. The van der Waals surface area contributed by atoms with E-state index in [1.54, 1.807) is 23.1 Å². The largest absolute Gasteiger partial charge is 0.452 e. The van der Waals surface area contributed by atoms with E-state index in [2.05, 4.69) is 5.32 Å². The molecule has 0 atom stereocenters. The van der Waals surface area contributed by atoms with Gasteiger partial charge >= 0.3 is 12.0 Å². The highest BCUT2D eigenvalue weighted by atomic mass is 16.5. The average Bonchev–Trinajstić information content (AvgIpc) is 2.96. The first kappa shape index (κ1) is 22.5. The Labute approximate surface area is 180 Å². The molecule has 9 heteroatoms. The van der Waals surface area contributed by atoms with E-state index < -0.39 is 29.7 Å². The Kier molecular flexibility index (Phi) is 5.89. The molecule has 2 saturated heterocycles. The van der Waals surface area contributed by atoms with Gasteiger partial charge in [-0.1, -0.05) is 18.2 Å². The fraction of sp³-hybridized carbons (Fsp3) is 0.500. The van der Waals surface area contributed by atoms with Gasteiger partial charge in [-0.3, -0.25) is 19.3 Å². The van der Waals surface area contributed by atoms with Crippen LogP contribution in [0.15, 0.2) is 24.3 Å². The predicted octanol–water partition coefficient (Wildman–Crippen LogP) is 1.64. The summed E-state index contributed by atoms with van der Waals surface area (Å²) in [6.45, 7) is 6.65. The van der Waals surface area contributed by atoms with E-state index in [1.807, 2.05) is 27.7 Å². The van der Waals surface area contributed by atoms with E-state index in [-0.39, 0.29) is 49.1 Å². The van der Waals surface area contributed by atoms with Crippen LogP contribution in [0.2, 0.25) is 0 Å². The number of nitrogens with zero attached hydrogens (tertiary/aromatic N) is 2. The van der Waals surface area contributed by atoms with E-state index in [0.29, 0.717) is 5.56 Å². The molecule has 2 aliphatic rings. The number of rotatable bonds is 5. The molecule has 0 saturated carbocycles. The summed E-state index contributed by atoms with van der Waals surface area (Å²) in [5, 5.41) is 2.43. The molecule has 0 spiro atoms. The molecule has 166 valence electrons. The summed E-state index contributed by atoms with van der Waals surface area (Å²) in [6, 6.07) is 5.95. The van der Waals surface area contributed by atoms with Crippen molar-refractivity contribution in [3.05, 3.63) is 35.4 Å². The number of piperidine rings is 1. The lowest BCUT2D eigenvalue weighted by Gasteiger charge is -2.51. The number of hydrogen-bond acceptors (Lipinski definition) is 6. The number of carbonyl (C=O) groups excluding carboxylic acids is 5. The summed E-state index contributed by atoms with van der Waals surface area (Å²) < 4.78 is 5.30. The highest BCUT2D eigenvalue weighted by Crippen LogP contribution is 2.36. The van der Waals surface area contributed by atoms with Crippen LogP contribution in [0.1, 0.15) is 56.5 Å². The number of ketones is 1. The number of hydrogen-bond donors (Lipinski definition) is 1. The number of amides is 4. The smallest absolute Gasteiger partial charge is 0.338 e. The van der Waals surface area contributed by atoms with Crippen molar-refractivity contribution in [2.24, 2.45) is 0 Å². The summed E-state index contributed by atoms with van der Waals surface area (Å²) in [5.74, 6) is -1.40. The van der Waals surface area contributed by atoms with Gasteiger partial charge in [0.2, 0.25) is 5.91 Å². The third-order valence-corrected chi connectivity index (χ3v) is 5.55. The van der Waals surface area contributed by atoms with Crippen LogP contribution in [0, 0.1) is 0 Å². The van der Waals surface area contributed by atoms with Crippen molar-refractivity contribution >= 4 is 29.6 Å². The number of carbonyl (C=O) groups is 5. The first-order valence-electron chi connectivity index (χ1n) is 10.1. The number of imide groups is 1. The van der Waals surface area contributed by atoms with Crippen LogP contribution in [0.4, 0.5) is 4.79 Å². The predicted molar refractivity (Wildman–Crippen MR) is 110 cm³/mol. The molecule has 2 aliphatic heterocycles. The molecule has 0 unspecified atom stereocenters. The molecule has 4 amide bonds. The number of nitrogens with one attached hydrogen (secondary N) is 1. The molecule has 31 heavy (non-hydrogen) atoms. The standard InChI is InChI=1S/C22H27N3O6/c1-21(2)9-15(26)10-22(3,4)25(21)18(28)13-31-19(29)16-8-6-5-7-14(16)12-24-17(27)11-23-20(24)30/h5-8H,9-13H2,1-4H3,(H,23,30). The summed E-state index contributed by atoms with van der Waals surface area (Å²) in [6.07, 6.45) is 0.482. The SMILES string of the molecule is CC1(C)CC(=O)CC(C)(C)N1C(=O)COC(=O)c1ccccc1CN1C(=O)CNC1=O. The fourth-order valence-corrected chi connectivity index (χ4v) is 4.59. The van der Waals surface area contributed by atoms with Crippen LogP contribution >= 0.6 is 0 Å². The normalized spacial score (nSPS) is 19.9. The van der Waals surface area contributed by atoms with Crippen molar-refractivity contribution < 1.29 is 28.7 Å². The number of benzene rings is 1. The number of urea groups is 1. The summed E-state index contributed by atoms with van der Waals surface area (Å²) >= 11 is 0. The molecule has 0 aromatic heterocycles. The third kappa shape index (κ3) is 4.60. The molecule has 0 bridgehead atoms. The van der Waals surface area contributed by atoms with Crippen molar-refractivity contribution in [2.45, 2.75) is 58.2 Å². The van der Waals surface area contributed by atoms with E-state index >= 15 is 0 Å². The minimum Gasteiger partial charge on any atom is -0.452 e. The van der Waals surface area contributed by atoms with Gasteiger partial charge in [-0.2, -0.15) is 0 Å². The van der Waals surface area contributed by atoms with E-state index in [0.717, 1.165) is 4.90 Å². The van der Waals surface area contributed by atoms with Gasteiger partial charge in [-0.05, 0) is 39.3 Å². The van der Waals surface area contributed by atoms with E-state index in [1.165, 1.54) is 6.07 Å². The number of likely N-dealkylation sites (tertiary alicyclic amines) is 1. The highest BCUT2D eigenvalue weighted by molar-refractivity contribution is 6.02. The van der Waals surface area contributed by atoms with Crippen LogP contribution < -0.4 is 5.32 Å². The Balaban J connectivity index is 1.71. The van der Waals surface area contributed by atoms with Gasteiger partial charge in [0, 0.05) is 23.9 Å². The zero-order chi connectivity index (χ0) is 23.0. The second-order valence-electron chi connectivity index (χ2n) is 9.12. The van der Waals surface area contributed by atoms with E-state index in [9.17, 15) is 24.0 Å². The van der Waals surface area contributed by atoms with Crippen LogP contribution in [-0.4, -0.2) is 63.6 Å². The second kappa shape index (κ2) is 8.13. The van der Waals surface area contributed by atoms with Gasteiger partial charge in [0.25, 0.3) is 5.91 Å². The van der Waals surface area contributed by atoms with Gasteiger partial charge in [0.1, 0.15) is 5.78 Å². The fourth-order valence-electron chi connectivity index (χ4n) is 4.59. The molecule has 2 heterocycles. The molecule has 1 aromatic carbocycles. The molecule has 2 fully saturated rings. The van der Waals surface area contributed by atoms with Gasteiger partial charge < -0.3 is 15.0 Å². The lowest BCUT2D eigenvalue weighted by atomic mass is 9.79. The maximum absolute atomic E-state index is 13.0. The molecule has 1 N–H and O–H groups in total. The zero-order valence-electron chi connectivity index (χ0n) is 18.2. The zero-order valence-corrected chi connectivity index (χ0v) is 18.2. The Hall–Kier alpha value is -3.23. The topological polar surface area (TPSA) is 113 Å². The molecule has 1 aromatic rings. The van der Waals surface area contributed by atoms with Crippen molar-refractivity contribution in [2.75, 3.05) is 13.2 Å². The Morgan fingerprint density at radius 2 is 1.65 bits per heavy atom. The molecule has 0 aliphatic carbocycles. The molecular formula is C22H27N3O6. The van der Waals surface area contributed by atoms with Crippen molar-refractivity contribution in [1.29, 1.82) is 0 Å². The Morgan fingerprint density at radius 3 is 2.23 bits per heavy atom. The van der Waals surface area contributed by atoms with Gasteiger partial charge in [0.05, 0.1) is 18.7 Å². The first-order chi connectivity index (χ1) is 14.4. The molecule has 9 nitrogen and oxygen atoms in total. The first-order valence-corrected chi connectivity index (χ1v) is 10.1. The van der Waals surface area contributed by atoms with E-state index in [4.69, 9.17) is 4.74 Å². The lowest BCUT2D eigenvalue weighted by molar-refractivity contribution is -0.156. The summed E-state index contributed by atoms with van der Waals surface area (Å²) in [4.78, 5) is 64.0. The minimum absolute atomic E-state index is 0.0712. The quantitative estimate of drug-likeness (QED) is 0.562. The third-order valence-electron chi connectivity index (χ3n) is 5.55. The van der Waals surface area contributed by atoms with Crippen molar-refractivity contribution in [1.82, 2.24) is 15.1 Å². The van der Waals surface area contributed by atoms with Gasteiger partial charge in [-0.15, -0.1) is 0 Å². The van der Waals surface area contributed by atoms with Crippen molar-refractivity contribution in [3.63, 3.8) is 0 Å². The molecule has 3 rings (SSSR count). The van der Waals surface area contributed by atoms with Crippen molar-refractivity contribution in [3.8, 4) is 0 Å². The summed E-state index contributed by atoms with van der Waals surface area (Å²) in [7, 11) is 0. The highest BCUT2D eigenvalue weighted by Gasteiger charge is 2.47. The van der Waals surface area contributed by atoms with Gasteiger partial charge in [-0.25, -0.2) is 9.59 Å². The summed E-state index contributed by atoms with van der Waals surface area (Å²) in [5.41, 5.74) is -0.766. The van der Waals surface area contributed by atoms with Crippen LogP contribution in [0.3, 0.4) is 0 Å². The number of ether oxygens (including phenoxy) is 1. The maximum atomic E-state index is 13.0. The number of esters is 1. The van der Waals surface area contributed by atoms with Gasteiger partial charge in [0.15, 0.2) is 6.61 Å². The molecular weight excluding hydrogens is 402 g/mol.